The largest absolute Gasteiger partial charge is 0.497 e. The molecule has 0 heterocycles. The van der Waals surface area contributed by atoms with E-state index in [1.54, 1.807) is 7.11 Å². The van der Waals surface area contributed by atoms with Crippen molar-refractivity contribution in [3.63, 3.8) is 0 Å². The molecule has 7 aromatic carbocycles. The molecule has 0 saturated carbocycles. The fraction of sp³-hybridized carbons (Fsp3) is 0.0196. The number of nitrogens with zero attached hydrogens (tertiary/aromatic N) is 1. The summed E-state index contributed by atoms with van der Waals surface area (Å²) in [5, 5.41) is 0. The van der Waals surface area contributed by atoms with Gasteiger partial charge in [-0.05, 0) is 93.1 Å². The third-order valence-corrected chi connectivity index (χ3v) is 9.08. The minimum atomic E-state index is 0.825. The summed E-state index contributed by atoms with van der Waals surface area (Å²) in [6.07, 6.45) is 13.0. The van der Waals surface area contributed by atoms with Crippen molar-refractivity contribution in [2.45, 2.75) is 0 Å². The molecular weight excluding hydrogens is 643 g/mol. The van der Waals surface area contributed by atoms with E-state index < -0.39 is 0 Å². The summed E-state index contributed by atoms with van der Waals surface area (Å²) in [6.45, 7) is 0. The fourth-order valence-corrected chi connectivity index (χ4v) is 6.35. The van der Waals surface area contributed by atoms with E-state index in [-0.39, 0.29) is 0 Å². The van der Waals surface area contributed by atoms with Crippen LogP contribution in [0.2, 0.25) is 0 Å². The van der Waals surface area contributed by atoms with Crippen LogP contribution in [0.5, 0.6) is 5.75 Å². The van der Waals surface area contributed by atoms with Crippen LogP contribution in [0.1, 0.15) is 33.4 Å². The summed E-state index contributed by atoms with van der Waals surface area (Å²) in [7, 11) is 1.70. The molecule has 0 unspecified atom stereocenters. The smallest absolute Gasteiger partial charge is 0.119 e. The molecule has 0 amide bonds. The molecule has 7 rings (SSSR count). The Hall–Kier alpha value is -6.90. The summed E-state index contributed by atoms with van der Waals surface area (Å²) < 4.78 is 5.47. The topological polar surface area (TPSA) is 12.5 Å². The van der Waals surface area contributed by atoms with Crippen LogP contribution in [0, 0.1) is 0 Å². The van der Waals surface area contributed by atoms with E-state index in [1.165, 1.54) is 33.4 Å². The van der Waals surface area contributed by atoms with Gasteiger partial charge in [0, 0.05) is 17.1 Å². The van der Waals surface area contributed by atoms with Gasteiger partial charge < -0.3 is 9.64 Å². The van der Waals surface area contributed by atoms with Gasteiger partial charge in [0.25, 0.3) is 0 Å². The van der Waals surface area contributed by atoms with Crippen LogP contribution >= 0.6 is 0 Å². The molecular formula is C51H41NO. The van der Waals surface area contributed by atoms with Gasteiger partial charge in [-0.3, -0.25) is 0 Å². The first-order valence-corrected chi connectivity index (χ1v) is 17.9. The molecule has 0 N–H and O–H groups in total. The van der Waals surface area contributed by atoms with Crippen LogP contribution in [0.15, 0.2) is 218 Å². The molecule has 256 valence electrons. The average Bonchev–Trinajstić information content (AvgIpc) is 3.24. The van der Waals surface area contributed by atoms with Crippen LogP contribution in [0.4, 0.5) is 17.1 Å². The maximum atomic E-state index is 5.47. The maximum Gasteiger partial charge on any atom is 0.119 e. The first kappa shape index (κ1) is 34.5. The van der Waals surface area contributed by atoms with Crippen LogP contribution in [0.3, 0.4) is 0 Å². The standard InChI is InChI=1S/C51H41NO/c1-53-49-38-36-48(37-39-49)52(46-32-28-40(29-33-46)16-14-26-50(42-18-6-2-7-19-42)43-20-8-3-9-21-43)47-34-30-41(31-35-47)17-15-27-51(44-22-10-4-11-23-44)45-24-12-5-13-25-45/h2-39H,1H3/b16-14+,17-15+. The average molecular weight is 684 g/mol. The molecule has 0 aliphatic carbocycles. The van der Waals surface area contributed by atoms with Crippen molar-refractivity contribution in [2.75, 3.05) is 12.0 Å². The SMILES string of the molecule is COc1ccc(N(c2ccc(/C=C/C=C(c3ccccc3)c3ccccc3)cc2)c2ccc(/C=C/C=C(c3ccccc3)c3ccccc3)cc2)cc1. The predicted octanol–water partition coefficient (Wildman–Crippen LogP) is 13.5. The van der Waals surface area contributed by atoms with Gasteiger partial charge in [0.05, 0.1) is 7.11 Å². The molecule has 0 aromatic heterocycles. The Morgan fingerprint density at radius 3 is 0.981 bits per heavy atom. The molecule has 2 nitrogen and oxygen atoms in total. The fourth-order valence-electron chi connectivity index (χ4n) is 6.35. The van der Waals surface area contributed by atoms with Crippen molar-refractivity contribution in [2.24, 2.45) is 0 Å². The lowest BCUT2D eigenvalue weighted by Gasteiger charge is -2.26. The summed E-state index contributed by atoms with van der Waals surface area (Å²) in [6, 6.07) is 67.7. The quantitative estimate of drug-likeness (QED) is 0.119. The molecule has 0 atom stereocenters. The van der Waals surface area contributed by atoms with Gasteiger partial charge in [-0.2, -0.15) is 0 Å². The van der Waals surface area contributed by atoms with Crippen LogP contribution < -0.4 is 9.64 Å². The van der Waals surface area contributed by atoms with E-state index in [0.717, 1.165) is 33.9 Å². The van der Waals surface area contributed by atoms with Crippen molar-refractivity contribution in [1.29, 1.82) is 0 Å². The third-order valence-electron chi connectivity index (χ3n) is 9.08. The Kier molecular flexibility index (Phi) is 11.3. The molecule has 0 spiro atoms. The molecule has 0 saturated heterocycles. The number of rotatable bonds is 12. The number of ether oxygens (including phenoxy) is 1. The third kappa shape index (κ3) is 8.89. The van der Waals surface area contributed by atoms with Crippen molar-refractivity contribution >= 4 is 40.4 Å². The van der Waals surface area contributed by atoms with Crippen LogP contribution in [-0.2, 0) is 0 Å². The zero-order chi connectivity index (χ0) is 36.1. The Bertz CT molecular complexity index is 2070. The monoisotopic (exact) mass is 683 g/mol. The molecule has 0 radical (unpaired) electrons. The predicted molar refractivity (Wildman–Crippen MR) is 226 cm³/mol. The number of allylic oxidation sites excluding steroid dienone is 4. The lowest BCUT2D eigenvalue weighted by molar-refractivity contribution is 0.415. The molecule has 0 aliphatic heterocycles. The first-order chi connectivity index (χ1) is 26.2. The van der Waals surface area contributed by atoms with E-state index in [0.29, 0.717) is 0 Å². The minimum Gasteiger partial charge on any atom is -0.497 e. The highest BCUT2D eigenvalue weighted by Gasteiger charge is 2.13. The maximum absolute atomic E-state index is 5.47. The van der Waals surface area contributed by atoms with E-state index in [1.807, 2.05) is 12.1 Å². The Morgan fingerprint density at radius 1 is 0.377 bits per heavy atom. The summed E-state index contributed by atoms with van der Waals surface area (Å²) in [4.78, 5) is 2.27. The highest BCUT2D eigenvalue weighted by molar-refractivity contribution is 5.83. The van der Waals surface area contributed by atoms with Crippen LogP contribution in [0.25, 0.3) is 23.3 Å². The van der Waals surface area contributed by atoms with Gasteiger partial charge in [0.15, 0.2) is 0 Å². The van der Waals surface area contributed by atoms with E-state index in [4.69, 9.17) is 4.74 Å². The van der Waals surface area contributed by atoms with Crippen molar-refractivity contribution in [3.05, 3.63) is 252 Å². The molecule has 53 heavy (non-hydrogen) atoms. The Morgan fingerprint density at radius 2 is 0.679 bits per heavy atom. The van der Waals surface area contributed by atoms with Crippen LogP contribution in [-0.4, -0.2) is 7.11 Å². The zero-order valence-corrected chi connectivity index (χ0v) is 29.8. The highest BCUT2D eigenvalue weighted by Crippen LogP contribution is 2.36. The second kappa shape index (κ2) is 17.4. The minimum absolute atomic E-state index is 0.825. The van der Waals surface area contributed by atoms with Crippen molar-refractivity contribution in [1.82, 2.24) is 0 Å². The second-order valence-electron chi connectivity index (χ2n) is 12.6. The molecule has 0 aliphatic rings. The number of anilines is 3. The lowest BCUT2D eigenvalue weighted by atomic mass is 9.97. The number of benzene rings is 7. The van der Waals surface area contributed by atoms with Gasteiger partial charge >= 0.3 is 0 Å². The van der Waals surface area contributed by atoms with E-state index >= 15 is 0 Å². The summed E-state index contributed by atoms with van der Waals surface area (Å²) in [5.41, 5.74) is 12.6. The number of methoxy groups -OCH3 is 1. The van der Waals surface area contributed by atoms with Gasteiger partial charge in [0.1, 0.15) is 5.75 Å². The number of hydrogen-bond acceptors (Lipinski definition) is 2. The Balaban J connectivity index is 1.14. The van der Waals surface area contributed by atoms with Crippen molar-refractivity contribution < 1.29 is 4.74 Å². The van der Waals surface area contributed by atoms with E-state index in [9.17, 15) is 0 Å². The van der Waals surface area contributed by atoms with Gasteiger partial charge in [0.2, 0.25) is 0 Å². The number of hydrogen-bond donors (Lipinski definition) is 0. The van der Waals surface area contributed by atoms with Gasteiger partial charge in [-0.1, -0.05) is 182 Å². The molecule has 7 aromatic rings. The Labute approximate surface area is 313 Å². The highest BCUT2D eigenvalue weighted by atomic mass is 16.5. The molecule has 0 fully saturated rings. The first-order valence-electron chi connectivity index (χ1n) is 17.9. The van der Waals surface area contributed by atoms with E-state index in [2.05, 4.69) is 223 Å². The lowest BCUT2D eigenvalue weighted by Crippen LogP contribution is -2.09. The van der Waals surface area contributed by atoms with Gasteiger partial charge in [-0.15, -0.1) is 0 Å². The molecule has 0 bridgehead atoms. The zero-order valence-electron chi connectivity index (χ0n) is 29.8. The summed E-state index contributed by atoms with van der Waals surface area (Å²) in [5.74, 6) is 0.825. The second-order valence-corrected chi connectivity index (χ2v) is 12.6. The molecule has 2 heteroatoms. The normalized spacial score (nSPS) is 11.0. The van der Waals surface area contributed by atoms with Crippen molar-refractivity contribution in [3.8, 4) is 5.75 Å². The van der Waals surface area contributed by atoms with Gasteiger partial charge in [-0.25, -0.2) is 0 Å². The summed E-state index contributed by atoms with van der Waals surface area (Å²) >= 11 is 0.